The van der Waals surface area contributed by atoms with Crippen LogP contribution in [0.15, 0.2) is 17.5 Å². The average Bonchev–Trinajstić information content (AvgIpc) is 2.95. The summed E-state index contributed by atoms with van der Waals surface area (Å²) in [4.78, 5) is 0. The standard InChI is InChI=1S/C17H26P.Fe/c1-3-9-15(10-4-1)18(17-13-7-8-14-17)16-11-5-2-6-12-16;/h7,13,15-16H,1-6,8-12H2;/q-1;. The van der Waals surface area contributed by atoms with Crippen LogP contribution in [0.2, 0.25) is 0 Å². The molecule has 0 unspecified atom stereocenters. The zero-order valence-corrected chi connectivity index (χ0v) is 13.9. The molecular weight excluding hydrogens is 291 g/mol. The molecule has 0 saturated heterocycles. The van der Waals surface area contributed by atoms with Gasteiger partial charge in [-0.25, -0.2) is 6.08 Å². The van der Waals surface area contributed by atoms with Crippen LogP contribution in [0.25, 0.3) is 0 Å². The first-order valence-corrected chi connectivity index (χ1v) is 9.49. The van der Waals surface area contributed by atoms with Gasteiger partial charge in [-0.05, 0) is 37.0 Å². The molecule has 108 valence electrons. The average molecular weight is 317 g/mol. The molecule has 2 saturated carbocycles. The van der Waals surface area contributed by atoms with Crippen LogP contribution in [-0.4, -0.2) is 11.3 Å². The van der Waals surface area contributed by atoms with E-state index in [-0.39, 0.29) is 25.0 Å². The first-order valence-electron chi connectivity index (χ1n) is 8.01. The molecule has 0 aliphatic heterocycles. The maximum Gasteiger partial charge on any atom is 0 e. The first-order chi connectivity index (χ1) is 8.95. The molecule has 3 rings (SSSR count). The minimum Gasteiger partial charge on any atom is -0.265 e. The molecule has 0 radical (unpaired) electrons. The molecule has 0 heterocycles. The Kier molecular flexibility index (Phi) is 6.67. The summed E-state index contributed by atoms with van der Waals surface area (Å²) < 4.78 is 0. The summed E-state index contributed by atoms with van der Waals surface area (Å²) in [7, 11) is 0.121. The summed E-state index contributed by atoms with van der Waals surface area (Å²) in [5, 5.41) is 1.66. The van der Waals surface area contributed by atoms with E-state index in [1.807, 2.05) is 0 Å². The predicted molar refractivity (Wildman–Crippen MR) is 81.2 cm³/mol. The van der Waals surface area contributed by atoms with Crippen molar-refractivity contribution in [2.45, 2.75) is 81.9 Å². The van der Waals surface area contributed by atoms with Gasteiger partial charge in [0.2, 0.25) is 0 Å². The fourth-order valence-electron chi connectivity index (χ4n) is 3.98. The van der Waals surface area contributed by atoms with Crippen molar-refractivity contribution in [2.75, 3.05) is 0 Å². The van der Waals surface area contributed by atoms with E-state index in [4.69, 9.17) is 0 Å². The van der Waals surface area contributed by atoms with Gasteiger partial charge >= 0.3 is 0 Å². The van der Waals surface area contributed by atoms with Crippen molar-refractivity contribution in [1.82, 2.24) is 0 Å². The van der Waals surface area contributed by atoms with Crippen molar-refractivity contribution in [3.63, 3.8) is 0 Å². The second-order valence-corrected chi connectivity index (χ2v) is 8.92. The quantitative estimate of drug-likeness (QED) is 0.352. The Labute approximate surface area is 130 Å². The molecule has 0 amide bonds. The molecule has 3 aliphatic carbocycles. The molecule has 0 aromatic rings. The van der Waals surface area contributed by atoms with E-state index >= 15 is 0 Å². The van der Waals surface area contributed by atoms with Gasteiger partial charge in [0.25, 0.3) is 0 Å². The maximum absolute atomic E-state index is 3.69. The Morgan fingerprint density at radius 1 is 0.842 bits per heavy atom. The summed E-state index contributed by atoms with van der Waals surface area (Å²) in [5.74, 6) is 0. The van der Waals surface area contributed by atoms with Crippen molar-refractivity contribution in [3.05, 3.63) is 23.5 Å². The van der Waals surface area contributed by atoms with E-state index in [1.165, 1.54) is 64.2 Å². The second-order valence-electron chi connectivity index (χ2n) is 6.16. The molecular formula is C17H26FeP-. The van der Waals surface area contributed by atoms with Gasteiger partial charge in [0, 0.05) is 17.1 Å². The summed E-state index contributed by atoms with van der Waals surface area (Å²) in [6.07, 6.45) is 24.5. The van der Waals surface area contributed by atoms with Crippen molar-refractivity contribution >= 4 is 7.92 Å². The Morgan fingerprint density at radius 3 is 1.79 bits per heavy atom. The van der Waals surface area contributed by atoms with Crippen molar-refractivity contribution in [3.8, 4) is 0 Å². The minimum atomic E-state index is 0. The molecule has 0 spiro atoms. The Morgan fingerprint density at radius 2 is 1.37 bits per heavy atom. The van der Waals surface area contributed by atoms with Gasteiger partial charge in [-0.3, -0.25) is 6.08 Å². The SMILES string of the molecule is [C-]1=C(P(C2CCCCC2)C2CCCCC2)C=CC1.[Fe]. The van der Waals surface area contributed by atoms with Crippen LogP contribution in [0.1, 0.15) is 70.6 Å². The first kappa shape index (κ1) is 15.8. The van der Waals surface area contributed by atoms with Crippen molar-refractivity contribution in [1.29, 1.82) is 0 Å². The Hall–Kier alpha value is 0.429. The molecule has 0 atom stereocenters. The van der Waals surface area contributed by atoms with E-state index in [0.717, 1.165) is 17.7 Å². The molecule has 0 bridgehead atoms. The van der Waals surface area contributed by atoms with E-state index in [0.29, 0.717) is 0 Å². The molecule has 2 heteroatoms. The zero-order chi connectivity index (χ0) is 12.2. The van der Waals surface area contributed by atoms with Gasteiger partial charge in [0.15, 0.2) is 0 Å². The van der Waals surface area contributed by atoms with Gasteiger partial charge in [-0.1, -0.05) is 38.5 Å². The van der Waals surface area contributed by atoms with Crippen LogP contribution < -0.4 is 0 Å². The number of hydrogen-bond donors (Lipinski definition) is 0. The number of hydrogen-bond acceptors (Lipinski definition) is 0. The number of allylic oxidation sites excluding steroid dienone is 4. The van der Waals surface area contributed by atoms with E-state index in [2.05, 4.69) is 18.2 Å². The third-order valence-electron chi connectivity index (χ3n) is 4.89. The van der Waals surface area contributed by atoms with Crippen LogP contribution >= 0.6 is 7.92 Å². The van der Waals surface area contributed by atoms with E-state index < -0.39 is 0 Å². The van der Waals surface area contributed by atoms with Gasteiger partial charge in [-0.2, -0.15) is 11.4 Å². The molecule has 0 N–H and O–H groups in total. The Balaban J connectivity index is 0.00000133. The van der Waals surface area contributed by atoms with E-state index in [1.54, 1.807) is 5.31 Å². The smallest absolute Gasteiger partial charge is 0 e. The third kappa shape index (κ3) is 3.96. The van der Waals surface area contributed by atoms with E-state index in [9.17, 15) is 0 Å². The second kappa shape index (κ2) is 8.02. The normalized spacial score (nSPS) is 25.4. The molecule has 2 fully saturated rings. The van der Waals surface area contributed by atoms with Crippen LogP contribution in [-0.2, 0) is 17.1 Å². The fourth-order valence-corrected chi connectivity index (χ4v) is 7.76. The molecule has 19 heavy (non-hydrogen) atoms. The summed E-state index contributed by atoms with van der Waals surface area (Å²) in [6, 6.07) is 0. The Bertz CT molecular complexity index is 304. The number of rotatable bonds is 3. The molecule has 0 aromatic heterocycles. The summed E-state index contributed by atoms with van der Waals surface area (Å²) in [5.41, 5.74) is 2.09. The van der Waals surface area contributed by atoms with Crippen molar-refractivity contribution < 1.29 is 17.1 Å². The topological polar surface area (TPSA) is 0 Å². The summed E-state index contributed by atoms with van der Waals surface area (Å²) in [6.45, 7) is 0. The molecule has 0 aromatic carbocycles. The van der Waals surface area contributed by atoms with Crippen molar-refractivity contribution in [2.24, 2.45) is 0 Å². The van der Waals surface area contributed by atoms with Gasteiger partial charge < -0.3 is 0 Å². The van der Waals surface area contributed by atoms with Gasteiger partial charge in [0.1, 0.15) is 0 Å². The van der Waals surface area contributed by atoms with Crippen LogP contribution in [0.4, 0.5) is 0 Å². The molecule has 0 nitrogen and oxygen atoms in total. The predicted octanol–water partition coefficient (Wildman–Crippen LogP) is 5.78. The largest absolute Gasteiger partial charge is 0.265 e. The summed E-state index contributed by atoms with van der Waals surface area (Å²) >= 11 is 0. The molecule has 3 aliphatic rings. The minimum absolute atomic E-state index is 0. The zero-order valence-electron chi connectivity index (χ0n) is 11.9. The monoisotopic (exact) mass is 317 g/mol. The maximum atomic E-state index is 3.69. The third-order valence-corrected chi connectivity index (χ3v) is 8.36. The fraction of sp³-hybridized carbons (Fsp3) is 0.765. The van der Waals surface area contributed by atoms with Crippen LogP contribution in [0.5, 0.6) is 0 Å². The van der Waals surface area contributed by atoms with Crippen LogP contribution in [0, 0.1) is 6.08 Å². The van der Waals surface area contributed by atoms with Gasteiger partial charge in [-0.15, -0.1) is 14.3 Å². The van der Waals surface area contributed by atoms with Gasteiger partial charge in [0.05, 0.1) is 0 Å². The van der Waals surface area contributed by atoms with Crippen LogP contribution in [0.3, 0.4) is 0 Å².